The van der Waals surface area contributed by atoms with Crippen LogP contribution in [0.25, 0.3) is 0 Å². The first kappa shape index (κ1) is 26.7. The number of carbonyl (C=O) groups is 2. The minimum absolute atomic E-state index is 0. The lowest BCUT2D eigenvalue weighted by Gasteiger charge is -2.37. The molecule has 0 aromatic heterocycles. The number of nitrogens with two attached hydrogens (primary N) is 1. The van der Waals surface area contributed by atoms with Gasteiger partial charge in [-0.3, -0.25) is 9.59 Å². The second-order valence-corrected chi connectivity index (χ2v) is 8.57. The average molecular weight is 459 g/mol. The Balaban J connectivity index is 0.00000225. The van der Waals surface area contributed by atoms with Gasteiger partial charge >= 0.3 is 0 Å². The summed E-state index contributed by atoms with van der Waals surface area (Å²) in [7, 11) is 0. The Morgan fingerprint density at radius 2 is 1.73 bits per heavy atom. The fraction of sp³-hybridized carbons (Fsp3) is 0.636. The van der Waals surface area contributed by atoms with Crippen molar-refractivity contribution in [1.29, 1.82) is 0 Å². The second kappa shape index (κ2) is 12.5. The van der Waals surface area contributed by atoms with Gasteiger partial charge in [0.1, 0.15) is 0 Å². The van der Waals surface area contributed by atoms with Gasteiger partial charge in [-0.15, -0.1) is 24.8 Å². The summed E-state index contributed by atoms with van der Waals surface area (Å²) >= 11 is 0. The number of benzene rings is 1. The van der Waals surface area contributed by atoms with Crippen LogP contribution in [-0.2, 0) is 9.59 Å². The molecule has 0 spiro atoms. The smallest absolute Gasteiger partial charge is 0.229 e. The molecule has 2 unspecified atom stereocenters. The second-order valence-electron chi connectivity index (χ2n) is 8.57. The molecule has 1 aliphatic heterocycles. The van der Waals surface area contributed by atoms with Crippen LogP contribution in [0.15, 0.2) is 24.3 Å². The molecule has 2 atom stereocenters. The molecule has 0 radical (unpaired) electrons. The molecule has 1 heterocycles. The molecule has 1 saturated carbocycles. The standard InChI is InChI=1S/C22H34N4O2.2ClH/c1-22(23)12-4-3-10-19(22)21(28)25-18-9-7-8-17(16-18)24-20(27)11-15-26-13-5-2-6-14-26;;/h7-9,16,19H,2-6,10-15,23H2,1H3,(H,24,27)(H,25,28);2*1H. The highest BCUT2D eigenvalue weighted by Crippen LogP contribution is 2.32. The van der Waals surface area contributed by atoms with Gasteiger partial charge < -0.3 is 21.3 Å². The SMILES string of the molecule is CC1(N)CCCCC1C(=O)Nc1cccc(NC(=O)CCN2CCCCC2)c1.Cl.Cl. The van der Waals surface area contributed by atoms with Gasteiger partial charge in [0.25, 0.3) is 0 Å². The summed E-state index contributed by atoms with van der Waals surface area (Å²) in [5.74, 6) is -0.196. The van der Waals surface area contributed by atoms with Crippen molar-refractivity contribution in [2.75, 3.05) is 30.3 Å². The Morgan fingerprint density at radius 3 is 2.40 bits per heavy atom. The fourth-order valence-electron chi connectivity index (χ4n) is 4.36. The molecular formula is C22H36Cl2N4O2. The number of nitrogens with one attached hydrogen (secondary N) is 2. The number of likely N-dealkylation sites (tertiary alicyclic amines) is 1. The van der Waals surface area contributed by atoms with Crippen LogP contribution >= 0.6 is 24.8 Å². The molecular weight excluding hydrogens is 423 g/mol. The van der Waals surface area contributed by atoms with Gasteiger partial charge in [-0.1, -0.05) is 25.3 Å². The molecule has 1 aromatic rings. The van der Waals surface area contributed by atoms with Crippen LogP contribution in [0.5, 0.6) is 0 Å². The summed E-state index contributed by atoms with van der Waals surface area (Å²) < 4.78 is 0. The predicted molar refractivity (Wildman–Crippen MR) is 128 cm³/mol. The van der Waals surface area contributed by atoms with Crippen molar-refractivity contribution in [2.45, 2.75) is 63.8 Å². The Hall–Kier alpha value is -1.34. The van der Waals surface area contributed by atoms with Crippen molar-refractivity contribution < 1.29 is 9.59 Å². The number of piperidine rings is 1. The van der Waals surface area contributed by atoms with Crippen molar-refractivity contribution in [2.24, 2.45) is 11.7 Å². The summed E-state index contributed by atoms with van der Waals surface area (Å²) in [6.45, 7) is 4.96. The molecule has 3 rings (SSSR count). The van der Waals surface area contributed by atoms with Crippen molar-refractivity contribution in [3.05, 3.63) is 24.3 Å². The predicted octanol–water partition coefficient (Wildman–Crippen LogP) is 4.19. The number of hydrogen-bond acceptors (Lipinski definition) is 4. The van der Waals surface area contributed by atoms with E-state index >= 15 is 0 Å². The van der Waals surface area contributed by atoms with Gasteiger partial charge in [0.15, 0.2) is 0 Å². The van der Waals surface area contributed by atoms with Gasteiger partial charge in [-0.2, -0.15) is 0 Å². The average Bonchev–Trinajstić information content (AvgIpc) is 2.67. The van der Waals surface area contributed by atoms with E-state index in [9.17, 15) is 9.59 Å². The van der Waals surface area contributed by atoms with E-state index in [-0.39, 0.29) is 42.5 Å². The number of amides is 2. The molecule has 2 aliphatic rings. The molecule has 2 amide bonds. The van der Waals surface area contributed by atoms with E-state index in [1.807, 2.05) is 31.2 Å². The summed E-state index contributed by atoms with van der Waals surface area (Å²) in [5, 5.41) is 5.94. The van der Waals surface area contributed by atoms with Crippen molar-refractivity contribution >= 4 is 48.0 Å². The van der Waals surface area contributed by atoms with E-state index in [1.54, 1.807) is 0 Å². The molecule has 4 N–H and O–H groups in total. The van der Waals surface area contributed by atoms with Crippen molar-refractivity contribution in [3.63, 3.8) is 0 Å². The third-order valence-electron chi connectivity index (χ3n) is 6.09. The maximum absolute atomic E-state index is 12.7. The summed E-state index contributed by atoms with van der Waals surface area (Å²) in [5.41, 5.74) is 7.29. The minimum Gasteiger partial charge on any atom is -0.326 e. The monoisotopic (exact) mass is 458 g/mol. The van der Waals surface area contributed by atoms with Gasteiger partial charge in [0.05, 0.1) is 5.92 Å². The van der Waals surface area contributed by atoms with E-state index in [0.717, 1.165) is 45.3 Å². The third-order valence-corrected chi connectivity index (χ3v) is 6.09. The van der Waals surface area contributed by atoms with Gasteiger partial charge in [-0.05, 0) is 63.9 Å². The molecule has 0 bridgehead atoms. The molecule has 2 fully saturated rings. The molecule has 170 valence electrons. The van der Waals surface area contributed by atoms with Crippen LogP contribution in [-0.4, -0.2) is 41.9 Å². The van der Waals surface area contributed by atoms with Crippen LogP contribution in [0.2, 0.25) is 0 Å². The Morgan fingerprint density at radius 1 is 1.07 bits per heavy atom. The largest absolute Gasteiger partial charge is 0.326 e. The third kappa shape index (κ3) is 7.73. The topological polar surface area (TPSA) is 87.5 Å². The zero-order valence-corrected chi connectivity index (χ0v) is 19.5. The van der Waals surface area contributed by atoms with E-state index in [2.05, 4.69) is 15.5 Å². The van der Waals surface area contributed by atoms with Crippen LogP contribution in [0.3, 0.4) is 0 Å². The minimum atomic E-state index is -0.456. The number of hydrogen-bond donors (Lipinski definition) is 3. The lowest BCUT2D eigenvalue weighted by atomic mass is 9.74. The molecule has 1 aliphatic carbocycles. The normalized spacial score (nSPS) is 24.1. The summed E-state index contributed by atoms with van der Waals surface area (Å²) in [4.78, 5) is 27.3. The van der Waals surface area contributed by atoms with Crippen LogP contribution in [0.4, 0.5) is 11.4 Å². The van der Waals surface area contributed by atoms with Gasteiger partial charge in [0.2, 0.25) is 11.8 Å². The zero-order chi connectivity index (χ0) is 20.0. The Kier molecular flexibility index (Phi) is 11.1. The van der Waals surface area contributed by atoms with Gasteiger partial charge in [0, 0.05) is 29.9 Å². The maximum Gasteiger partial charge on any atom is 0.229 e. The summed E-state index contributed by atoms with van der Waals surface area (Å²) in [6, 6.07) is 7.35. The van der Waals surface area contributed by atoms with Crippen LogP contribution in [0.1, 0.15) is 58.3 Å². The molecule has 30 heavy (non-hydrogen) atoms. The van der Waals surface area contributed by atoms with E-state index in [1.165, 1.54) is 19.3 Å². The van der Waals surface area contributed by atoms with Gasteiger partial charge in [-0.25, -0.2) is 0 Å². The number of anilines is 2. The lowest BCUT2D eigenvalue weighted by Crippen LogP contribution is -2.51. The summed E-state index contributed by atoms with van der Waals surface area (Å²) in [6.07, 6.45) is 8.06. The first-order valence-corrected chi connectivity index (χ1v) is 10.7. The Bertz CT molecular complexity index is 693. The maximum atomic E-state index is 12.7. The van der Waals surface area contributed by atoms with Crippen molar-refractivity contribution in [3.8, 4) is 0 Å². The number of rotatable bonds is 6. The first-order chi connectivity index (χ1) is 13.4. The number of carbonyl (C=O) groups excluding carboxylic acids is 2. The molecule has 1 saturated heterocycles. The highest BCUT2D eigenvalue weighted by Gasteiger charge is 2.37. The van der Waals surface area contributed by atoms with Crippen LogP contribution < -0.4 is 16.4 Å². The van der Waals surface area contributed by atoms with E-state index < -0.39 is 5.54 Å². The number of halogens is 2. The first-order valence-electron chi connectivity index (χ1n) is 10.7. The highest BCUT2D eigenvalue weighted by atomic mass is 35.5. The quantitative estimate of drug-likeness (QED) is 0.595. The highest BCUT2D eigenvalue weighted by molar-refractivity contribution is 5.95. The zero-order valence-electron chi connectivity index (χ0n) is 17.8. The lowest BCUT2D eigenvalue weighted by molar-refractivity contribution is -0.122. The van der Waals surface area contributed by atoms with Crippen LogP contribution in [0, 0.1) is 5.92 Å². The number of nitrogens with zero attached hydrogens (tertiary/aromatic N) is 1. The molecule has 8 heteroatoms. The van der Waals surface area contributed by atoms with E-state index in [0.29, 0.717) is 17.8 Å². The van der Waals surface area contributed by atoms with Crippen molar-refractivity contribution in [1.82, 2.24) is 4.90 Å². The fourth-order valence-corrected chi connectivity index (χ4v) is 4.36. The molecule has 1 aromatic carbocycles. The van der Waals surface area contributed by atoms with E-state index in [4.69, 9.17) is 5.73 Å². The Labute approximate surface area is 192 Å². The molecule has 6 nitrogen and oxygen atoms in total.